The third kappa shape index (κ3) is 1.47. The molecule has 0 aliphatic heterocycles. The third-order valence-corrected chi connectivity index (χ3v) is 1.79. The maximum absolute atomic E-state index is 4.31. The molecular weight excluding hydrogens is 164 g/mol. The Bertz CT molecular complexity index is 425. The maximum atomic E-state index is 4.31. The van der Waals surface area contributed by atoms with E-state index in [1.54, 1.807) is 12.4 Å². The van der Waals surface area contributed by atoms with Crippen molar-refractivity contribution in [3.05, 3.63) is 24.5 Å². The van der Waals surface area contributed by atoms with Crippen molar-refractivity contribution in [2.45, 2.75) is 19.8 Å². The molecule has 0 unspecified atom stereocenters. The van der Waals surface area contributed by atoms with Crippen LogP contribution in [-0.2, 0) is 0 Å². The zero-order valence-electron chi connectivity index (χ0n) is 7.60. The van der Waals surface area contributed by atoms with Crippen LogP contribution in [0.25, 0.3) is 11.0 Å². The molecule has 0 aliphatic rings. The lowest BCUT2D eigenvalue weighted by atomic mass is 10.2. The molecule has 0 amide bonds. The van der Waals surface area contributed by atoms with Gasteiger partial charge in [-0.1, -0.05) is 13.8 Å². The molecule has 2 rings (SSSR count). The van der Waals surface area contributed by atoms with E-state index in [2.05, 4.69) is 33.8 Å². The van der Waals surface area contributed by atoms with Gasteiger partial charge in [0, 0.05) is 18.3 Å². The van der Waals surface area contributed by atoms with Crippen LogP contribution < -0.4 is 0 Å². The molecule has 66 valence electrons. The van der Waals surface area contributed by atoms with Crippen molar-refractivity contribution in [2.75, 3.05) is 0 Å². The Morgan fingerprint density at radius 2 is 2.00 bits per heavy atom. The van der Waals surface area contributed by atoms with E-state index in [1.807, 2.05) is 0 Å². The Morgan fingerprint density at radius 1 is 1.15 bits per heavy atom. The van der Waals surface area contributed by atoms with Gasteiger partial charge in [-0.25, -0.2) is 19.9 Å². The second-order valence-electron chi connectivity index (χ2n) is 3.18. The minimum Gasteiger partial charge on any atom is -0.244 e. The summed E-state index contributed by atoms with van der Waals surface area (Å²) >= 11 is 0. The lowest BCUT2D eigenvalue weighted by molar-refractivity contribution is 0.780. The molecule has 0 saturated carbocycles. The van der Waals surface area contributed by atoms with Crippen LogP contribution in [0.4, 0.5) is 0 Å². The fourth-order valence-electron chi connectivity index (χ4n) is 1.07. The largest absolute Gasteiger partial charge is 0.244 e. The van der Waals surface area contributed by atoms with Crippen LogP contribution in [0, 0.1) is 0 Å². The minimum absolute atomic E-state index is 0.333. The first-order valence-corrected chi connectivity index (χ1v) is 4.20. The van der Waals surface area contributed by atoms with E-state index in [-0.39, 0.29) is 0 Å². The van der Waals surface area contributed by atoms with Gasteiger partial charge in [0.25, 0.3) is 0 Å². The number of hydrogen-bond donors (Lipinski definition) is 0. The van der Waals surface area contributed by atoms with E-state index < -0.39 is 0 Å². The van der Waals surface area contributed by atoms with Gasteiger partial charge in [-0.05, 0) is 0 Å². The van der Waals surface area contributed by atoms with Gasteiger partial charge < -0.3 is 0 Å². The second kappa shape index (κ2) is 3.05. The third-order valence-electron chi connectivity index (χ3n) is 1.79. The first-order valence-electron chi connectivity index (χ1n) is 4.20. The van der Waals surface area contributed by atoms with Crippen LogP contribution in [-0.4, -0.2) is 19.9 Å². The van der Waals surface area contributed by atoms with E-state index >= 15 is 0 Å². The van der Waals surface area contributed by atoms with Gasteiger partial charge >= 0.3 is 0 Å². The fourth-order valence-corrected chi connectivity index (χ4v) is 1.07. The summed E-state index contributed by atoms with van der Waals surface area (Å²) in [7, 11) is 0. The normalized spacial score (nSPS) is 11.0. The number of rotatable bonds is 1. The quantitative estimate of drug-likeness (QED) is 0.658. The Labute approximate surface area is 76.1 Å². The average Bonchev–Trinajstić information content (AvgIpc) is 2.17. The first-order chi connectivity index (χ1) is 6.27. The summed E-state index contributed by atoms with van der Waals surface area (Å²) in [5, 5.41) is 0.881. The Morgan fingerprint density at radius 3 is 2.77 bits per heavy atom. The molecular formula is C9H10N4. The number of aromatic nitrogens is 4. The van der Waals surface area contributed by atoms with E-state index in [1.165, 1.54) is 6.33 Å². The van der Waals surface area contributed by atoms with E-state index in [9.17, 15) is 0 Å². The van der Waals surface area contributed by atoms with Gasteiger partial charge in [0.1, 0.15) is 12.2 Å². The van der Waals surface area contributed by atoms with Crippen LogP contribution in [0.2, 0.25) is 0 Å². The van der Waals surface area contributed by atoms with E-state index in [4.69, 9.17) is 0 Å². The smallest absolute Gasteiger partial charge is 0.166 e. The van der Waals surface area contributed by atoms with E-state index in [0.29, 0.717) is 11.6 Å². The summed E-state index contributed by atoms with van der Waals surface area (Å²) in [6.07, 6.45) is 4.98. The Kier molecular flexibility index (Phi) is 1.88. The molecule has 13 heavy (non-hydrogen) atoms. The highest BCUT2D eigenvalue weighted by molar-refractivity contribution is 5.71. The molecule has 0 radical (unpaired) electrons. The second-order valence-corrected chi connectivity index (χ2v) is 3.18. The molecule has 0 bridgehead atoms. The molecule has 2 heterocycles. The van der Waals surface area contributed by atoms with Gasteiger partial charge in [-0.3, -0.25) is 0 Å². The highest BCUT2D eigenvalue weighted by Gasteiger charge is 2.03. The molecule has 0 aromatic carbocycles. The van der Waals surface area contributed by atoms with Crippen LogP contribution in [0.5, 0.6) is 0 Å². The topological polar surface area (TPSA) is 51.6 Å². The molecule has 4 nitrogen and oxygen atoms in total. The molecule has 0 fully saturated rings. The van der Waals surface area contributed by atoms with Crippen molar-refractivity contribution < 1.29 is 0 Å². The summed E-state index contributed by atoms with van der Waals surface area (Å²) in [6.45, 7) is 4.12. The van der Waals surface area contributed by atoms with Crippen LogP contribution in [0.1, 0.15) is 25.6 Å². The molecule has 0 aliphatic carbocycles. The Balaban J connectivity index is 2.62. The van der Waals surface area contributed by atoms with Crippen molar-refractivity contribution >= 4 is 11.0 Å². The lowest BCUT2D eigenvalue weighted by Crippen LogP contribution is -1.98. The number of fused-ring (bicyclic) bond motifs is 1. The molecule has 2 aromatic rings. The fraction of sp³-hybridized carbons (Fsp3) is 0.333. The highest BCUT2D eigenvalue weighted by Crippen LogP contribution is 2.11. The molecule has 2 aromatic heterocycles. The Hall–Kier alpha value is -1.58. The van der Waals surface area contributed by atoms with Crippen LogP contribution >= 0.6 is 0 Å². The molecule has 0 spiro atoms. The van der Waals surface area contributed by atoms with Crippen molar-refractivity contribution in [3.63, 3.8) is 0 Å². The molecule has 0 N–H and O–H groups in total. The summed E-state index contributed by atoms with van der Waals surface area (Å²) in [6, 6.07) is 0. The van der Waals surface area contributed by atoms with Gasteiger partial charge in [0.05, 0.1) is 5.39 Å². The van der Waals surface area contributed by atoms with Gasteiger partial charge in [-0.2, -0.15) is 0 Å². The summed E-state index contributed by atoms with van der Waals surface area (Å²) < 4.78 is 0. The number of hydrogen-bond acceptors (Lipinski definition) is 4. The molecule has 0 saturated heterocycles. The van der Waals surface area contributed by atoms with Crippen LogP contribution in [0.3, 0.4) is 0 Å². The zero-order valence-corrected chi connectivity index (χ0v) is 7.60. The van der Waals surface area contributed by atoms with Gasteiger partial charge in [-0.15, -0.1) is 0 Å². The van der Waals surface area contributed by atoms with Crippen molar-refractivity contribution in [2.24, 2.45) is 0 Å². The summed E-state index contributed by atoms with van der Waals surface area (Å²) in [5.74, 6) is 1.16. The zero-order chi connectivity index (χ0) is 9.26. The minimum atomic E-state index is 0.333. The highest BCUT2D eigenvalue weighted by atomic mass is 15.0. The number of nitrogens with zero attached hydrogens (tertiary/aromatic N) is 4. The summed E-state index contributed by atoms with van der Waals surface area (Å²) in [4.78, 5) is 16.5. The first kappa shape index (κ1) is 8.04. The maximum Gasteiger partial charge on any atom is 0.166 e. The predicted molar refractivity (Wildman–Crippen MR) is 49.2 cm³/mol. The standard InChI is InChI=1S/C9H10N4/c1-6(2)8-11-4-7-3-10-5-12-9(7)13-8/h3-6H,1-2H3. The van der Waals surface area contributed by atoms with Gasteiger partial charge in [0.2, 0.25) is 0 Å². The predicted octanol–water partition coefficient (Wildman–Crippen LogP) is 1.54. The van der Waals surface area contributed by atoms with Crippen molar-refractivity contribution in [3.8, 4) is 0 Å². The van der Waals surface area contributed by atoms with Crippen LogP contribution in [0.15, 0.2) is 18.7 Å². The SMILES string of the molecule is CC(C)c1ncc2cncnc2n1. The monoisotopic (exact) mass is 174 g/mol. The van der Waals surface area contributed by atoms with E-state index in [0.717, 1.165) is 11.2 Å². The van der Waals surface area contributed by atoms with Gasteiger partial charge in [0.15, 0.2) is 5.65 Å². The summed E-state index contributed by atoms with van der Waals surface area (Å²) in [5.41, 5.74) is 0.716. The average molecular weight is 174 g/mol. The molecule has 0 atom stereocenters. The van der Waals surface area contributed by atoms with Crippen molar-refractivity contribution in [1.82, 2.24) is 19.9 Å². The van der Waals surface area contributed by atoms with Crippen molar-refractivity contribution in [1.29, 1.82) is 0 Å². The molecule has 4 heteroatoms. The lowest BCUT2D eigenvalue weighted by Gasteiger charge is -2.02.